The number of hydrogen-bond acceptors (Lipinski definition) is 1. The van der Waals surface area contributed by atoms with E-state index in [0.29, 0.717) is 0 Å². The molecule has 1 aromatic carbocycles. The lowest BCUT2D eigenvalue weighted by atomic mass is 10.1. The fourth-order valence-electron chi connectivity index (χ4n) is 1.83. The van der Waals surface area contributed by atoms with Gasteiger partial charge in [-0.3, -0.25) is 0 Å². The first-order valence-corrected chi connectivity index (χ1v) is 6.55. The van der Waals surface area contributed by atoms with Crippen molar-refractivity contribution in [2.75, 3.05) is 13.1 Å². The number of halogens is 1. The van der Waals surface area contributed by atoms with Crippen molar-refractivity contribution in [3.63, 3.8) is 0 Å². The maximum atomic E-state index is 5.83. The predicted molar refractivity (Wildman–Crippen MR) is 72.1 cm³/mol. The van der Waals surface area contributed by atoms with Crippen molar-refractivity contribution in [2.24, 2.45) is 5.92 Å². The highest BCUT2D eigenvalue weighted by molar-refractivity contribution is 6.30. The third kappa shape index (κ3) is 5.53. The molecule has 0 heterocycles. The van der Waals surface area contributed by atoms with E-state index < -0.39 is 0 Å². The van der Waals surface area contributed by atoms with Crippen LogP contribution in [0.3, 0.4) is 0 Å². The summed E-state index contributed by atoms with van der Waals surface area (Å²) in [5.74, 6) is 0.787. The van der Waals surface area contributed by atoms with Crippen LogP contribution in [0, 0.1) is 5.92 Å². The van der Waals surface area contributed by atoms with Crippen molar-refractivity contribution in [1.29, 1.82) is 0 Å². The summed E-state index contributed by atoms with van der Waals surface area (Å²) >= 11 is 5.83. The Bertz CT molecular complexity index is 281. The second kappa shape index (κ2) is 7.70. The standard InChI is InChI=1S/C14H22ClN/c1-3-4-12(2)11-16-10-9-13-5-7-14(15)8-6-13/h5-8,12,16H,3-4,9-11H2,1-2H3. The first-order valence-electron chi connectivity index (χ1n) is 6.17. The number of hydrogen-bond donors (Lipinski definition) is 1. The lowest BCUT2D eigenvalue weighted by Crippen LogP contribution is -2.23. The van der Waals surface area contributed by atoms with Gasteiger partial charge in [-0.2, -0.15) is 0 Å². The Labute approximate surface area is 104 Å². The monoisotopic (exact) mass is 239 g/mol. The van der Waals surface area contributed by atoms with Gasteiger partial charge >= 0.3 is 0 Å². The molecule has 0 amide bonds. The van der Waals surface area contributed by atoms with Crippen LogP contribution in [-0.4, -0.2) is 13.1 Å². The first-order chi connectivity index (χ1) is 7.72. The summed E-state index contributed by atoms with van der Waals surface area (Å²) in [6.07, 6.45) is 3.67. The highest BCUT2D eigenvalue weighted by atomic mass is 35.5. The van der Waals surface area contributed by atoms with Gasteiger partial charge in [-0.25, -0.2) is 0 Å². The predicted octanol–water partition coefficient (Wildman–Crippen LogP) is 3.91. The molecule has 2 heteroatoms. The molecule has 0 fully saturated rings. The molecule has 1 aromatic rings. The average Bonchev–Trinajstić information content (AvgIpc) is 2.27. The SMILES string of the molecule is CCCC(C)CNCCc1ccc(Cl)cc1. The Hall–Kier alpha value is -0.530. The maximum absolute atomic E-state index is 5.83. The third-order valence-electron chi connectivity index (χ3n) is 2.78. The molecule has 0 bridgehead atoms. The van der Waals surface area contributed by atoms with Crippen molar-refractivity contribution in [3.8, 4) is 0 Å². The van der Waals surface area contributed by atoms with Crippen molar-refractivity contribution in [2.45, 2.75) is 33.1 Å². The van der Waals surface area contributed by atoms with E-state index in [2.05, 4.69) is 31.3 Å². The van der Waals surface area contributed by atoms with Crippen LogP contribution in [0.4, 0.5) is 0 Å². The van der Waals surface area contributed by atoms with Crippen LogP contribution in [0.2, 0.25) is 5.02 Å². The summed E-state index contributed by atoms with van der Waals surface area (Å²) in [5, 5.41) is 4.31. The molecule has 0 aliphatic heterocycles. The average molecular weight is 240 g/mol. The maximum Gasteiger partial charge on any atom is 0.0406 e. The van der Waals surface area contributed by atoms with Crippen LogP contribution in [0.5, 0.6) is 0 Å². The Balaban J connectivity index is 2.13. The van der Waals surface area contributed by atoms with Gasteiger partial charge in [-0.15, -0.1) is 0 Å². The van der Waals surface area contributed by atoms with E-state index >= 15 is 0 Å². The topological polar surface area (TPSA) is 12.0 Å². The van der Waals surface area contributed by atoms with E-state index in [1.165, 1.54) is 18.4 Å². The van der Waals surface area contributed by atoms with Gasteiger partial charge in [0.1, 0.15) is 0 Å². The molecule has 0 aromatic heterocycles. The van der Waals surface area contributed by atoms with Gasteiger partial charge in [0.05, 0.1) is 0 Å². The van der Waals surface area contributed by atoms with Crippen LogP contribution in [0.1, 0.15) is 32.3 Å². The Kier molecular flexibility index (Phi) is 6.51. The van der Waals surface area contributed by atoms with Gasteiger partial charge in [0.2, 0.25) is 0 Å². The van der Waals surface area contributed by atoms with Crippen LogP contribution >= 0.6 is 11.6 Å². The summed E-state index contributed by atoms with van der Waals surface area (Å²) in [4.78, 5) is 0. The Morgan fingerprint density at radius 3 is 2.56 bits per heavy atom. The molecule has 1 N–H and O–H groups in total. The second-order valence-corrected chi connectivity index (χ2v) is 4.91. The first kappa shape index (κ1) is 13.5. The van der Waals surface area contributed by atoms with Crippen molar-refractivity contribution < 1.29 is 0 Å². The quantitative estimate of drug-likeness (QED) is 0.712. The zero-order valence-corrected chi connectivity index (χ0v) is 11.1. The Morgan fingerprint density at radius 2 is 1.94 bits per heavy atom. The summed E-state index contributed by atoms with van der Waals surface area (Å²) in [5.41, 5.74) is 1.35. The zero-order valence-electron chi connectivity index (χ0n) is 10.3. The van der Waals surface area contributed by atoms with Crippen molar-refractivity contribution >= 4 is 11.6 Å². The fraction of sp³-hybridized carbons (Fsp3) is 0.571. The molecule has 0 radical (unpaired) electrons. The lowest BCUT2D eigenvalue weighted by Gasteiger charge is -2.11. The molecular weight excluding hydrogens is 218 g/mol. The molecule has 1 unspecified atom stereocenters. The van der Waals surface area contributed by atoms with E-state index in [1.54, 1.807) is 0 Å². The van der Waals surface area contributed by atoms with E-state index in [-0.39, 0.29) is 0 Å². The largest absolute Gasteiger partial charge is 0.316 e. The molecule has 0 saturated carbocycles. The van der Waals surface area contributed by atoms with Crippen LogP contribution in [-0.2, 0) is 6.42 Å². The molecule has 0 aliphatic rings. The normalized spacial score (nSPS) is 12.7. The van der Waals surface area contributed by atoms with Gasteiger partial charge in [-0.1, -0.05) is 44.0 Å². The van der Waals surface area contributed by atoms with Crippen LogP contribution < -0.4 is 5.32 Å². The summed E-state index contributed by atoms with van der Waals surface area (Å²) in [6, 6.07) is 8.10. The molecule has 1 rings (SSSR count). The van der Waals surface area contributed by atoms with Crippen LogP contribution in [0.15, 0.2) is 24.3 Å². The van der Waals surface area contributed by atoms with E-state index in [0.717, 1.165) is 30.5 Å². The van der Waals surface area contributed by atoms with Crippen LogP contribution in [0.25, 0.3) is 0 Å². The van der Waals surface area contributed by atoms with E-state index in [1.807, 2.05) is 12.1 Å². The minimum absolute atomic E-state index is 0.787. The smallest absolute Gasteiger partial charge is 0.0406 e. The number of benzene rings is 1. The van der Waals surface area contributed by atoms with Gasteiger partial charge in [-0.05, 0) is 49.5 Å². The highest BCUT2D eigenvalue weighted by Crippen LogP contribution is 2.09. The van der Waals surface area contributed by atoms with E-state index in [9.17, 15) is 0 Å². The highest BCUT2D eigenvalue weighted by Gasteiger charge is 1.99. The summed E-state index contributed by atoms with van der Waals surface area (Å²) in [7, 11) is 0. The molecule has 0 aliphatic carbocycles. The Morgan fingerprint density at radius 1 is 1.25 bits per heavy atom. The molecule has 0 spiro atoms. The molecule has 0 saturated heterocycles. The van der Waals surface area contributed by atoms with Gasteiger partial charge in [0.25, 0.3) is 0 Å². The van der Waals surface area contributed by atoms with E-state index in [4.69, 9.17) is 11.6 Å². The molecule has 1 nitrogen and oxygen atoms in total. The molecular formula is C14H22ClN. The molecule has 16 heavy (non-hydrogen) atoms. The third-order valence-corrected chi connectivity index (χ3v) is 3.03. The summed E-state index contributed by atoms with van der Waals surface area (Å²) < 4.78 is 0. The van der Waals surface area contributed by atoms with Crippen molar-refractivity contribution in [3.05, 3.63) is 34.9 Å². The van der Waals surface area contributed by atoms with Gasteiger partial charge < -0.3 is 5.32 Å². The second-order valence-electron chi connectivity index (χ2n) is 4.47. The van der Waals surface area contributed by atoms with Gasteiger partial charge in [0.15, 0.2) is 0 Å². The number of nitrogens with one attached hydrogen (secondary N) is 1. The zero-order chi connectivity index (χ0) is 11.8. The summed E-state index contributed by atoms with van der Waals surface area (Å²) in [6.45, 7) is 6.72. The number of rotatable bonds is 7. The fourth-order valence-corrected chi connectivity index (χ4v) is 1.95. The minimum Gasteiger partial charge on any atom is -0.316 e. The van der Waals surface area contributed by atoms with Gasteiger partial charge in [0, 0.05) is 5.02 Å². The molecule has 1 atom stereocenters. The van der Waals surface area contributed by atoms with Crippen molar-refractivity contribution in [1.82, 2.24) is 5.32 Å². The minimum atomic E-state index is 0.787. The molecule has 90 valence electrons. The lowest BCUT2D eigenvalue weighted by molar-refractivity contribution is 0.478.